The monoisotopic (exact) mass is 330 g/mol. The molecule has 2 rings (SSSR count). The van der Waals surface area contributed by atoms with Gasteiger partial charge in [0.05, 0.1) is 5.56 Å². The molecule has 0 aliphatic carbocycles. The zero-order chi connectivity index (χ0) is 16.3. The average molecular weight is 330 g/mol. The molecule has 0 spiro atoms. The van der Waals surface area contributed by atoms with Gasteiger partial charge in [-0.1, -0.05) is 29.5 Å². The summed E-state index contributed by atoms with van der Waals surface area (Å²) in [6.07, 6.45) is -4.35. The molecule has 0 N–H and O–H groups in total. The van der Waals surface area contributed by atoms with Crippen molar-refractivity contribution in [2.75, 3.05) is 13.6 Å². The topological polar surface area (TPSA) is 25.2 Å². The molecule has 1 heterocycles. The third kappa shape index (κ3) is 3.98. The highest BCUT2D eigenvalue weighted by molar-refractivity contribution is 7.07. The van der Waals surface area contributed by atoms with Crippen LogP contribution in [0, 0.1) is 6.92 Å². The lowest BCUT2D eigenvalue weighted by atomic mass is 10.1. The summed E-state index contributed by atoms with van der Waals surface area (Å²) in [5.74, 6) is 0. The van der Waals surface area contributed by atoms with Crippen molar-refractivity contribution in [3.05, 3.63) is 56.1 Å². The van der Waals surface area contributed by atoms with Crippen LogP contribution in [0.3, 0.4) is 0 Å². The molecule has 0 aliphatic rings. The first-order valence-corrected chi connectivity index (χ1v) is 7.65. The standard InChI is InChI=1S/C15H17F3N2OS/c1-11-10-22-14(21)20(11)8-7-19(2)9-12-5-3-4-6-13(12)15(16,17)18/h3-6,10H,7-9H2,1-2H3. The van der Waals surface area contributed by atoms with E-state index >= 15 is 0 Å². The van der Waals surface area contributed by atoms with Gasteiger partial charge in [-0.15, -0.1) is 0 Å². The summed E-state index contributed by atoms with van der Waals surface area (Å²) in [6.45, 7) is 3.01. The molecule has 0 radical (unpaired) electrons. The summed E-state index contributed by atoms with van der Waals surface area (Å²) in [7, 11) is 1.75. The van der Waals surface area contributed by atoms with E-state index in [-0.39, 0.29) is 17.0 Å². The van der Waals surface area contributed by atoms with Gasteiger partial charge in [0.1, 0.15) is 0 Å². The van der Waals surface area contributed by atoms with E-state index in [2.05, 4.69) is 0 Å². The van der Waals surface area contributed by atoms with Gasteiger partial charge in [0.25, 0.3) is 0 Å². The molecule has 7 heteroatoms. The van der Waals surface area contributed by atoms with Crippen molar-refractivity contribution in [3.63, 3.8) is 0 Å². The number of likely N-dealkylation sites (N-methyl/N-ethyl adjacent to an activating group) is 1. The molecule has 0 aliphatic heterocycles. The Labute approximate surface area is 130 Å². The molecule has 3 nitrogen and oxygen atoms in total. The maximum atomic E-state index is 13.0. The lowest BCUT2D eigenvalue weighted by Crippen LogP contribution is -2.27. The van der Waals surface area contributed by atoms with E-state index in [1.807, 2.05) is 6.92 Å². The van der Waals surface area contributed by atoms with Gasteiger partial charge >= 0.3 is 11.0 Å². The number of nitrogens with zero attached hydrogens (tertiary/aromatic N) is 2. The summed E-state index contributed by atoms with van der Waals surface area (Å²) in [4.78, 5) is 13.4. The second-order valence-electron chi connectivity index (χ2n) is 5.19. The van der Waals surface area contributed by atoms with Crippen molar-refractivity contribution in [1.29, 1.82) is 0 Å². The minimum atomic E-state index is -4.35. The molecule has 2 aromatic rings. The molecular weight excluding hydrogens is 313 g/mol. The molecule has 1 aromatic carbocycles. The minimum absolute atomic E-state index is 0.0402. The fraction of sp³-hybridized carbons (Fsp3) is 0.400. The van der Waals surface area contributed by atoms with Crippen LogP contribution in [-0.2, 0) is 19.3 Å². The van der Waals surface area contributed by atoms with Crippen LogP contribution in [0.15, 0.2) is 34.4 Å². The first-order valence-electron chi connectivity index (χ1n) is 6.77. The molecule has 0 fully saturated rings. The number of hydrogen-bond acceptors (Lipinski definition) is 3. The number of hydrogen-bond donors (Lipinski definition) is 0. The number of aryl methyl sites for hydroxylation is 1. The molecule has 0 saturated carbocycles. The van der Waals surface area contributed by atoms with Crippen LogP contribution >= 0.6 is 11.3 Å². The largest absolute Gasteiger partial charge is 0.416 e. The van der Waals surface area contributed by atoms with Gasteiger partial charge in [-0.3, -0.25) is 4.79 Å². The summed E-state index contributed by atoms with van der Waals surface area (Å²) in [5, 5.41) is 1.78. The lowest BCUT2D eigenvalue weighted by molar-refractivity contribution is -0.138. The number of alkyl halides is 3. The predicted molar refractivity (Wildman–Crippen MR) is 81.1 cm³/mol. The molecule has 0 atom stereocenters. The van der Waals surface area contributed by atoms with Gasteiger partial charge in [-0.05, 0) is 25.6 Å². The number of aromatic nitrogens is 1. The SMILES string of the molecule is Cc1csc(=O)n1CCN(C)Cc1ccccc1C(F)(F)F. The van der Waals surface area contributed by atoms with Gasteiger partial charge < -0.3 is 9.47 Å². The van der Waals surface area contributed by atoms with E-state index < -0.39 is 11.7 Å². The maximum Gasteiger partial charge on any atom is 0.416 e. The average Bonchev–Trinajstić information content (AvgIpc) is 2.75. The fourth-order valence-corrected chi connectivity index (χ4v) is 3.01. The third-order valence-electron chi connectivity index (χ3n) is 3.44. The second-order valence-corrected chi connectivity index (χ2v) is 6.01. The van der Waals surface area contributed by atoms with Gasteiger partial charge in [0.15, 0.2) is 0 Å². The summed E-state index contributed by atoms with van der Waals surface area (Å²) in [6, 6.07) is 5.57. The normalized spacial score (nSPS) is 12.1. The molecule has 22 heavy (non-hydrogen) atoms. The van der Waals surface area contributed by atoms with Gasteiger partial charge in [-0.25, -0.2) is 0 Å². The van der Waals surface area contributed by atoms with Crippen LogP contribution in [0.1, 0.15) is 16.8 Å². The Morgan fingerprint density at radius 2 is 1.95 bits per heavy atom. The highest BCUT2D eigenvalue weighted by Crippen LogP contribution is 2.32. The zero-order valence-corrected chi connectivity index (χ0v) is 13.2. The molecule has 0 unspecified atom stereocenters. The van der Waals surface area contributed by atoms with Crippen molar-refractivity contribution in [2.24, 2.45) is 0 Å². The van der Waals surface area contributed by atoms with Gasteiger partial charge in [-0.2, -0.15) is 13.2 Å². The lowest BCUT2D eigenvalue weighted by Gasteiger charge is -2.20. The van der Waals surface area contributed by atoms with Crippen LogP contribution in [0.2, 0.25) is 0 Å². The molecule has 120 valence electrons. The van der Waals surface area contributed by atoms with Crippen molar-refractivity contribution in [2.45, 2.75) is 26.2 Å². The van der Waals surface area contributed by atoms with Crippen molar-refractivity contribution in [1.82, 2.24) is 9.47 Å². The Kier molecular flexibility index (Phi) is 5.08. The Hall–Kier alpha value is -1.60. The zero-order valence-electron chi connectivity index (χ0n) is 12.4. The van der Waals surface area contributed by atoms with Crippen molar-refractivity contribution < 1.29 is 13.2 Å². The third-order valence-corrected chi connectivity index (χ3v) is 4.33. The minimum Gasteiger partial charge on any atom is -0.302 e. The van der Waals surface area contributed by atoms with E-state index in [9.17, 15) is 18.0 Å². The molecular formula is C15H17F3N2OS. The fourth-order valence-electron chi connectivity index (χ4n) is 2.25. The van der Waals surface area contributed by atoms with Crippen LogP contribution in [0.4, 0.5) is 13.2 Å². The highest BCUT2D eigenvalue weighted by Gasteiger charge is 2.32. The first kappa shape index (κ1) is 16.8. The Balaban J connectivity index is 2.04. The summed E-state index contributed by atoms with van der Waals surface area (Å²) >= 11 is 1.13. The molecule has 0 amide bonds. The number of benzene rings is 1. The maximum absolute atomic E-state index is 13.0. The highest BCUT2D eigenvalue weighted by atomic mass is 32.1. The summed E-state index contributed by atoms with van der Waals surface area (Å²) < 4.78 is 40.5. The van der Waals surface area contributed by atoms with Crippen molar-refractivity contribution in [3.8, 4) is 0 Å². The Morgan fingerprint density at radius 3 is 2.55 bits per heavy atom. The second kappa shape index (κ2) is 6.66. The predicted octanol–water partition coefficient (Wildman–Crippen LogP) is 3.37. The van der Waals surface area contributed by atoms with E-state index in [0.29, 0.717) is 13.1 Å². The number of thiazole rings is 1. The van der Waals surface area contributed by atoms with Crippen LogP contribution in [0.25, 0.3) is 0 Å². The Bertz CT molecular complexity index is 691. The quantitative estimate of drug-likeness (QED) is 0.840. The van der Waals surface area contributed by atoms with Gasteiger partial charge in [0, 0.05) is 30.7 Å². The Morgan fingerprint density at radius 1 is 1.27 bits per heavy atom. The van der Waals surface area contributed by atoms with Crippen LogP contribution < -0.4 is 4.87 Å². The van der Waals surface area contributed by atoms with E-state index in [4.69, 9.17) is 0 Å². The first-order chi connectivity index (χ1) is 10.3. The van der Waals surface area contributed by atoms with E-state index in [0.717, 1.165) is 23.1 Å². The molecule has 0 saturated heterocycles. The molecule has 1 aromatic heterocycles. The number of halogens is 3. The smallest absolute Gasteiger partial charge is 0.302 e. The van der Waals surface area contributed by atoms with E-state index in [1.54, 1.807) is 28.0 Å². The van der Waals surface area contributed by atoms with Crippen LogP contribution in [0.5, 0.6) is 0 Å². The molecule has 0 bridgehead atoms. The summed E-state index contributed by atoms with van der Waals surface area (Å²) in [5.41, 5.74) is 0.511. The van der Waals surface area contributed by atoms with Crippen molar-refractivity contribution >= 4 is 11.3 Å². The number of rotatable bonds is 5. The van der Waals surface area contributed by atoms with Crippen LogP contribution in [-0.4, -0.2) is 23.1 Å². The van der Waals surface area contributed by atoms with E-state index in [1.165, 1.54) is 12.1 Å². The van der Waals surface area contributed by atoms with Gasteiger partial charge in [0.2, 0.25) is 0 Å².